The van der Waals surface area contributed by atoms with Crippen molar-refractivity contribution in [1.82, 2.24) is 10.0 Å². The van der Waals surface area contributed by atoms with Crippen molar-refractivity contribution in [2.45, 2.75) is 13.0 Å². The summed E-state index contributed by atoms with van der Waals surface area (Å²) < 4.78 is 10.6. The number of hydrogen-bond donors (Lipinski definition) is 0. The molecule has 0 spiro atoms. The van der Waals surface area contributed by atoms with Gasteiger partial charge in [0.25, 0.3) is 11.8 Å². The quantitative estimate of drug-likeness (QED) is 0.172. The fourth-order valence-corrected chi connectivity index (χ4v) is 10.1. The average Bonchev–Trinajstić information content (AvgIpc) is 3.32. The minimum Gasteiger partial charge on any atom is -0.467 e. The smallest absolute Gasteiger partial charge is 0.337 e. The van der Waals surface area contributed by atoms with Gasteiger partial charge in [-0.25, -0.2) is 14.6 Å². The normalized spacial score (nSPS) is 13.1. The van der Waals surface area contributed by atoms with E-state index in [1.165, 1.54) is 19.2 Å². The molecule has 1 unspecified atom stereocenters. The van der Waals surface area contributed by atoms with E-state index in [4.69, 9.17) is 9.47 Å². The van der Waals surface area contributed by atoms with Gasteiger partial charge in [-0.15, -0.1) is 0 Å². The van der Waals surface area contributed by atoms with E-state index in [0.29, 0.717) is 20.9 Å². The Hall–Kier alpha value is -5.27. The second kappa shape index (κ2) is 12.5. The Morgan fingerprint density at radius 1 is 0.636 bits per heavy atom. The van der Waals surface area contributed by atoms with Crippen molar-refractivity contribution in [3.05, 3.63) is 126 Å². The number of nitrogens with zero attached hydrogens (tertiary/aromatic N) is 2. The predicted octanol–water partition coefficient (Wildman–Crippen LogP) is 2.93. The van der Waals surface area contributed by atoms with Crippen LogP contribution in [-0.4, -0.2) is 65.2 Å². The molecule has 3 amide bonds. The summed E-state index contributed by atoms with van der Waals surface area (Å²) in [6.07, 6.45) is 0. The number of benzene rings is 4. The van der Waals surface area contributed by atoms with E-state index in [1.54, 1.807) is 12.1 Å². The van der Waals surface area contributed by atoms with Gasteiger partial charge in [0.2, 0.25) is 5.91 Å². The molecule has 1 heterocycles. The van der Waals surface area contributed by atoms with Crippen LogP contribution in [0.15, 0.2) is 115 Å². The molecule has 0 aliphatic carbocycles. The van der Waals surface area contributed by atoms with Crippen LogP contribution in [-0.2, 0) is 23.9 Å². The van der Waals surface area contributed by atoms with E-state index < -0.39 is 42.6 Å². The molecule has 0 fully saturated rings. The number of carbonyl (C=O) groups is 5. The first-order valence-electron chi connectivity index (χ1n) is 13.7. The number of hydrazine groups is 1. The molecule has 1 aliphatic rings. The van der Waals surface area contributed by atoms with Gasteiger partial charge < -0.3 is 9.47 Å². The van der Waals surface area contributed by atoms with Crippen LogP contribution in [0.1, 0.15) is 27.6 Å². The highest BCUT2D eigenvalue weighted by molar-refractivity contribution is 7.96. The summed E-state index contributed by atoms with van der Waals surface area (Å²) in [4.78, 5) is 69.4. The zero-order valence-corrected chi connectivity index (χ0v) is 25.1. The minimum atomic E-state index is -3.41. The summed E-state index contributed by atoms with van der Waals surface area (Å²) in [6.45, 7) is -2.29. The van der Waals surface area contributed by atoms with Gasteiger partial charge in [-0.2, -0.15) is 5.01 Å². The summed E-state index contributed by atoms with van der Waals surface area (Å²) in [5, 5.41) is 3.19. The van der Waals surface area contributed by atoms with E-state index in [2.05, 4.69) is 0 Å². The Morgan fingerprint density at radius 2 is 1.02 bits per heavy atom. The lowest BCUT2D eigenvalue weighted by molar-refractivity contribution is -0.157. The topological polar surface area (TPSA) is 110 Å². The summed E-state index contributed by atoms with van der Waals surface area (Å²) in [7, 11) is 2.28. The number of hydrogen-bond acceptors (Lipinski definition) is 7. The van der Waals surface area contributed by atoms with Crippen LogP contribution in [0.5, 0.6) is 0 Å². The molecule has 0 bridgehead atoms. The maximum Gasteiger partial charge on any atom is 0.337 e. The lowest BCUT2D eigenvalue weighted by Crippen LogP contribution is -2.61. The number of imide groups is 1. The maximum absolute atomic E-state index is 14.3. The molecule has 222 valence electrons. The molecular formula is C34H29N2O7P. The number of rotatable bonds is 8. The molecule has 0 saturated carbocycles. The molecule has 4 aromatic carbocycles. The third-order valence-corrected chi connectivity index (χ3v) is 11.8. The van der Waals surface area contributed by atoms with Crippen molar-refractivity contribution in [2.24, 2.45) is 0 Å². The zero-order valence-electron chi connectivity index (χ0n) is 24.2. The van der Waals surface area contributed by atoms with Crippen LogP contribution in [0.2, 0.25) is 0 Å². The first kappa shape index (κ1) is 30.2. The van der Waals surface area contributed by atoms with Gasteiger partial charge in [-0.1, -0.05) is 103 Å². The van der Waals surface area contributed by atoms with E-state index in [-0.39, 0.29) is 16.4 Å². The molecule has 0 N–H and O–H groups in total. The molecule has 1 aliphatic heterocycles. The molecular weight excluding hydrogens is 579 g/mol. The Balaban J connectivity index is 2.00. The molecule has 4 aromatic rings. The fraction of sp³-hybridized carbons (Fsp3) is 0.118. The summed E-state index contributed by atoms with van der Waals surface area (Å²) in [5.41, 5.74) is 0.115. The molecule has 0 aromatic heterocycles. The largest absolute Gasteiger partial charge is 0.467 e. The van der Waals surface area contributed by atoms with Crippen LogP contribution >= 0.6 is 6.89 Å². The number of ether oxygens (including phenoxy) is 2. The second-order valence-electron chi connectivity index (χ2n) is 9.81. The highest BCUT2D eigenvalue weighted by atomic mass is 31.2. The van der Waals surface area contributed by atoms with Gasteiger partial charge in [0.05, 0.1) is 30.6 Å². The summed E-state index contributed by atoms with van der Waals surface area (Å²) in [6, 6.07) is 31.6. The van der Waals surface area contributed by atoms with Gasteiger partial charge in [0.15, 0.2) is 6.04 Å². The minimum absolute atomic E-state index is 0.0576. The SMILES string of the molecule is COC(=O)C(C(C(=O)OC)N(C(C)=O)N1C(=O)c2ccccc2C1=O)=P(c1ccccc1)(c1ccccc1)c1ccccc1. The second-order valence-corrected chi connectivity index (χ2v) is 13.2. The maximum atomic E-state index is 14.3. The molecule has 1 atom stereocenters. The van der Waals surface area contributed by atoms with Crippen molar-refractivity contribution < 1.29 is 33.4 Å². The van der Waals surface area contributed by atoms with Gasteiger partial charge in [0.1, 0.15) is 0 Å². The predicted molar refractivity (Wildman–Crippen MR) is 167 cm³/mol. The first-order chi connectivity index (χ1) is 21.3. The van der Waals surface area contributed by atoms with E-state index in [1.807, 2.05) is 91.0 Å². The molecule has 10 heteroatoms. The third-order valence-electron chi connectivity index (χ3n) is 7.43. The van der Waals surface area contributed by atoms with Crippen molar-refractivity contribution >= 4 is 57.8 Å². The van der Waals surface area contributed by atoms with Gasteiger partial charge in [0, 0.05) is 6.92 Å². The van der Waals surface area contributed by atoms with E-state index in [0.717, 1.165) is 19.0 Å². The highest BCUT2D eigenvalue weighted by Crippen LogP contribution is 2.48. The van der Waals surface area contributed by atoms with Crippen LogP contribution in [0.25, 0.3) is 0 Å². The lowest BCUT2D eigenvalue weighted by Gasteiger charge is -2.39. The number of amides is 3. The van der Waals surface area contributed by atoms with Crippen molar-refractivity contribution in [3.8, 4) is 0 Å². The Labute approximate surface area is 254 Å². The molecule has 5 rings (SSSR count). The number of methoxy groups -OCH3 is 2. The summed E-state index contributed by atoms with van der Waals surface area (Å²) in [5.74, 6) is -4.43. The number of fused-ring (bicyclic) bond motifs is 1. The van der Waals surface area contributed by atoms with Gasteiger partial charge in [-0.05, 0) is 34.9 Å². The molecule has 0 radical (unpaired) electrons. The van der Waals surface area contributed by atoms with Crippen LogP contribution in [0.3, 0.4) is 0 Å². The van der Waals surface area contributed by atoms with Crippen LogP contribution in [0.4, 0.5) is 0 Å². The lowest BCUT2D eigenvalue weighted by atomic mass is 10.1. The molecule has 0 saturated heterocycles. The molecule has 9 nitrogen and oxygen atoms in total. The average molecular weight is 609 g/mol. The third kappa shape index (κ3) is 4.91. The zero-order chi connectivity index (χ0) is 31.4. The number of esters is 2. The van der Waals surface area contributed by atoms with Crippen molar-refractivity contribution in [1.29, 1.82) is 0 Å². The standard InChI is InChI=1S/C34H29N2O7P/c1-23(37)35(36-31(38)27-21-13-14-22-28(27)32(36)39)29(33(40)42-2)30(34(41)43-3)44(24-15-7-4-8-16-24,25-17-9-5-10-18-25)26-19-11-6-12-20-26/h4-22,29H,1-3H3. The first-order valence-corrected chi connectivity index (χ1v) is 15.4. The Morgan fingerprint density at radius 3 is 1.36 bits per heavy atom. The fourth-order valence-electron chi connectivity index (χ4n) is 5.61. The van der Waals surface area contributed by atoms with Crippen LogP contribution < -0.4 is 15.9 Å². The Bertz CT molecular complexity index is 1670. The Kier molecular flexibility index (Phi) is 8.60. The van der Waals surface area contributed by atoms with E-state index in [9.17, 15) is 24.0 Å². The van der Waals surface area contributed by atoms with Gasteiger partial charge >= 0.3 is 11.9 Å². The summed E-state index contributed by atoms with van der Waals surface area (Å²) >= 11 is 0. The highest BCUT2D eigenvalue weighted by Gasteiger charge is 2.51. The molecule has 44 heavy (non-hydrogen) atoms. The van der Waals surface area contributed by atoms with Gasteiger partial charge in [-0.3, -0.25) is 14.4 Å². The van der Waals surface area contributed by atoms with Crippen molar-refractivity contribution in [2.75, 3.05) is 14.2 Å². The monoisotopic (exact) mass is 608 g/mol. The van der Waals surface area contributed by atoms with Crippen LogP contribution in [0, 0.1) is 0 Å². The number of carbonyl (C=O) groups excluding carboxylic acids is 5. The van der Waals surface area contributed by atoms with Crippen molar-refractivity contribution in [3.63, 3.8) is 0 Å². The van der Waals surface area contributed by atoms with E-state index >= 15 is 0 Å².